The van der Waals surface area contributed by atoms with E-state index in [-0.39, 0.29) is 17.7 Å². The third-order valence-corrected chi connectivity index (χ3v) is 2.61. The summed E-state index contributed by atoms with van der Waals surface area (Å²) in [6.07, 6.45) is 0.784. The highest BCUT2D eigenvalue weighted by molar-refractivity contribution is 6.30. The van der Waals surface area contributed by atoms with E-state index < -0.39 is 17.4 Å². The maximum Gasteiger partial charge on any atom is 0.185 e. The van der Waals surface area contributed by atoms with Gasteiger partial charge < -0.3 is 0 Å². The third kappa shape index (κ3) is 2.90. The number of carbonyl (C=O) groups excluding carboxylic acids is 1. The van der Waals surface area contributed by atoms with Crippen molar-refractivity contribution in [3.05, 3.63) is 64.4 Å². The first-order valence-electron chi connectivity index (χ1n) is 5.15. The molecule has 0 saturated heterocycles. The van der Waals surface area contributed by atoms with Crippen LogP contribution >= 0.6 is 11.6 Å². The molecule has 0 spiro atoms. The Bertz CT molecular complexity index is 584. The molecule has 0 aliphatic carbocycles. The van der Waals surface area contributed by atoms with Gasteiger partial charge in [0.1, 0.15) is 17.3 Å². The number of aromatic nitrogens is 1. The Morgan fingerprint density at radius 1 is 1.22 bits per heavy atom. The van der Waals surface area contributed by atoms with Crippen molar-refractivity contribution in [3.63, 3.8) is 0 Å². The number of ketones is 1. The van der Waals surface area contributed by atoms with Gasteiger partial charge in [0.05, 0.1) is 6.20 Å². The lowest BCUT2D eigenvalue weighted by atomic mass is 10.1. The van der Waals surface area contributed by atoms with E-state index in [4.69, 9.17) is 11.6 Å². The normalized spacial score (nSPS) is 10.4. The highest BCUT2D eigenvalue weighted by Gasteiger charge is 2.12. The summed E-state index contributed by atoms with van der Waals surface area (Å²) in [5.74, 6) is -1.42. The average molecular weight is 268 g/mol. The monoisotopic (exact) mass is 267 g/mol. The van der Waals surface area contributed by atoms with Crippen molar-refractivity contribution in [2.45, 2.75) is 6.42 Å². The summed E-state index contributed by atoms with van der Waals surface area (Å²) < 4.78 is 26.1. The molecule has 2 rings (SSSR count). The maximum atomic E-state index is 13.4. The van der Waals surface area contributed by atoms with Crippen LogP contribution in [0.15, 0.2) is 36.5 Å². The van der Waals surface area contributed by atoms with E-state index in [0.29, 0.717) is 5.02 Å². The first-order chi connectivity index (χ1) is 8.56. The van der Waals surface area contributed by atoms with Crippen molar-refractivity contribution < 1.29 is 13.6 Å². The second kappa shape index (κ2) is 5.23. The summed E-state index contributed by atoms with van der Waals surface area (Å²) >= 11 is 5.72. The SMILES string of the molecule is O=C(Cc1cc(Cl)ccc1F)c1ccc(F)cn1. The van der Waals surface area contributed by atoms with Crippen LogP contribution in [0, 0.1) is 11.6 Å². The van der Waals surface area contributed by atoms with Gasteiger partial charge in [0, 0.05) is 11.4 Å². The lowest BCUT2D eigenvalue weighted by molar-refractivity contribution is 0.0987. The summed E-state index contributed by atoms with van der Waals surface area (Å²) in [5, 5.41) is 0.353. The second-order valence-electron chi connectivity index (χ2n) is 3.70. The molecule has 0 saturated carbocycles. The molecular formula is C13H8ClF2NO. The van der Waals surface area contributed by atoms with Crippen LogP contribution in [0.1, 0.15) is 16.1 Å². The zero-order valence-electron chi connectivity index (χ0n) is 9.16. The third-order valence-electron chi connectivity index (χ3n) is 2.37. The Labute approximate surface area is 107 Å². The number of rotatable bonds is 3. The molecule has 1 heterocycles. The van der Waals surface area contributed by atoms with Gasteiger partial charge in [-0.1, -0.05) is 11.6 Å². The smallest absolute Gasteiger partial charge is 0.185 e. The van der Waals surface area contributed by atoms with E-state index in [1.165, 1.54) is 24.3 Å². The molecule has 0 bridgehead atoms. The van der Waals surface area contributed by atoms with Crippen LogP contribution in [0.4, 0.5) is 8.78 Å². The first kappa shape index (κ1) is 12.6. The quantitative estimate of drug-likeness (QED) is 0.798. The van der Waals surface area contributed by atoms with E-state index in [9.17, 15) is 13.6 Å². The molecule has 0 aliphatic rings. The number of hydrogen-bond acceptors (Lipinski definition) is 2. The Hall–Kier alpha value is -1.81. The van der Waals surface area contributed by atoms with Crippen molar-refractivity contribution >= 4 is 17.4 Å². The van der Waals surface area contributed by atoms with Crippen LogP contribution in [0.3, 0.4) is 0 Å². The van der Waals surface area contributed by atoms with Gasteiger partial charge in [-0.15, -0.1) is 0 Å². The lowest BCUT2D eigenvalue weighted by Crippen LogP contribution is -2.07. The predicted octanol–water partition coefficient (Wildman–Crippen LogP) is 3.44. The molecule has 5 heteroatoms. The van der Waals surface area contributed by atoms with Crippen molar-refractivity contribution in [2.75, 3.05) is 0 Å². The van der Waals surface area contributed by atoms with Gasteiger partial charge in [-0.25, -0.2) is 8.78 Å². The van der Waals surface area contributed by atoms with E-state index >= 15 is 0 Å². The molecule has 0 aliphatic heterocycles. The van der Waals surface area contributed by atoms with Crippen molar-refractivity contribution in [3.8, 4) is 0 Å². The molecule has 0 unspecified atom stereocenters. The summed E-state index contributed by atoms with van der Waals surface area (Å²) in [6, 6.07) is 6.39. The van der Waals surface area contributed by atoms with Crippen LogP contribution in [0.5, 0.6) is 0 Å². The first-order valence-corrected chi connectivity index (χ1v) is 5.53. The molecule has 0 amide bonds. The summed E-state index contributed by atoms with van der Waals surface area (Å²) in [4.78, 5) is 15.4. The molecule has 1 aromatic carbocycles. The highest BCUT2D eigenvalue weighted by atomic mass is 35.5. The number of nitrogens with zero attached hydrogens (tertiary/aromatic N) is 1. The van der Waals surface area contributed by atoms with E-state index in [1.807, 2.05) is 0 Å². The van der Waals surface area contributed by atoms with Gasteiger partial charge in [-0.2, -0.15) is 0 Å². The van der Waals surface area contributed by atoms with Gasteiger partial charge >= 0.3 is 0 Å². The minimum Gasteiger partial charge on any atom is -0.292 e. The predicted molar refractivity (Wildman–Crippen MR) is 63.6 cm³/mol. The van der Waals surface area contributed by atoms with Crippen LogP contribution in [-0.2, 0) is 6.42 Å². The standard InChI is InChI=1S/C13H8ClF2NO/c14-9-1-3-11(16)8(5-9)6-13(18)12-4-2-10(15)7-17-12/h1-5,7H,6H2. The molecule has 0 atom stereocenters. The van der Waals surface area contributed by atoms with E-state index in [2.05, 4.69) is 4.98 Å². The number of hydrogen-bond donors (Lipinski definition) is 0. The maximum absolute atomic E-state index is 13.4. The molecule has 0 radical (unpaired) electrons. The minimum atomic E-state index is -0.527. The summed E-state index contributed by atoms with van der Waals surface area (Å²) in [6.45, 7) is 0. The minimum absolute atomic E-state index is 0.0933. The Morgan fingerprint density at radius 3 is 2.67 bits per heavy atom. The zero-order valence-corrected chi connectivity index (χ0v) is 9.92. The summed E-state index contributed by atoms with van der Waals surface area (Å²) in [7, 11) is 0. The van der Waals surface area contributed by atoms with Gasteiger partial charge in [-0.3, -0.25) is 9.78 Å². The topological polar surface area (TPSA) is 30.0 Å². The average Bonchev–Trinajstić information content (AvgIpc) is 2.34. The Kier molecular flexibility index (Phi) is 3.67. The van der Waals surface area contributed by atoms with Gasteiger partial charge in [0.15, 0.2) is 5.78 Å². The number of Topliss-reactive ketones (excluding diaryl/α,β-unsaturated/α-hetero) is 1. The van der Waals surface area contributed by atoms with Crippen LogP contribution < -0.4 is 0 Å². The van der Waals surface area contributed by atoms with Crippen molar-refractivity contribution in [1.82, 2.24) is 4.98 Å². The Morgan fingerprint density at radius 2 is 2.00 bits per heavy atom. The Balaban J connectivity index is 2.21. The van der Waals surface area contributed by atoms with E-state index in [0.717, 1.165) is 12.3 Å². The van der Waals surface area contributed by atoms with E-state index in [1.54, 1.807) is 0 Å². The second-order valence-corrected chi connectivity index (χ2v) is 4.13. The van der Waals surface area contributed by atoms with Gasteiger partial charge in [-0.05, 0) is 35.9 Å². The summed E-state index contributed by atoms with van der Waals surface area (Å²) in [5.41, 5.74) is 0.286. The number of carbonyl (C=O) groups is 1. The molecule has 92 valence electrons. The molecule has 2 nitrogen and oxygen atoms in total. The fourth-order valence-electron chi connectivity index (χ4n) is 1.48. The fourth-order valence-corrected chi connectivity index (χ4v) is 1.68. The fraction of sp³-hybridized carbons (Fsp3) is 0.0769. The van der Waals surface area contributed by atoms with Crippen molar-refractivity contribution in [1.29, 1.82) is 0 Å². The molecular weight excluding hydrogens is 260 g/mol. The van der Waals surface area contributed by atoms with Gasteiger partial charge in [0.25, 0.3) is 0 Å². The number of halogens is 3. The van der Waals surface area contributed by atoms with Crippen LogP contribution in [0.25, 0.3) is 0 Å². The van der Waals surface area contributed by atoms with Crippen LogP contribution in [0.2, 0.25) is 5.02 Å². The molecule has 1 aromatic heterocycles. The largest absolute Gasteiger partial charge is 0.292 e. The zero-order chi connectivity index (χ0) is 13.1. The molecule has 0 fully saturated rings. The van der Waals surface area contributed by atoms with Crippen molar-refractivity contribution in [2.24, 2.45) is 0 Å². The molecule has 0 N–H and O–H groups in total. The molecule has 18 heavy (non-hydrogen) atoms. The highest BCUT2D eigenvalue weighted by Crippen LogP contribution is 2.16. The lowest BCUT2D eigenvalue weighted by Gasteiger charge is -2.03. The van der Waals surface area contributed by atoms with Gasteiger partial charge in [0.2, 0.25) is 0 Å². The van der Waals surface area contributed by atoms with Crippen LogP contribution in [-0.4, -0.2) is 10.8 Å². The number of benzene rings is 1. The number of pyridine rings is 1. The molecule has 2 aromatic rings.